The molecule has 0 aromatic carbocycles. The van der Waals surface area contributed by atoms with Gasteiger partial charge in [-0.15, -0.1) is 0 Å². The molecule has 0 aliphatic heterocycles. The second-order valence-electron chi connectivity index (χ2n) is 2.65. The Morgan fingerprint density at radius 2 is 2.62 bits per heavy atom. The van der Waals surface area contributed by atoms with Crippen LogP contribution in [-0.2, 0) is 13.6 Å². The van der Waals surface area contributed by atoms with Crippen LogP contribution in [0.3, 0.4) is 0 Å². The smallest absolute Gasteiger partial charge is 0.153 e. The van der Waals surface area contributed by atoms with Crippen molar-refractivity contribution in [3.05, 3.63) is 18.2 Å². The molecule has 0 unspecified atom stereocenters. The number of oxime groups is 1. The molecule has 0 aliphatic rings. The second kappa shape index (κ2) is 4.46. The van der Waals surface area contributed by atoms with Crippen molar-refractivity contribution < 1.29 is 5.21 Å². The third-order valence-electron chi connectivity index (χ3n) is 1.64. The van der Waals surface area contributed by atoms with E-state index in [2.05, 4.69) is 15.5 Å². The number of aryl methyl sites for hydroxylation is 1. The summed E-state index contributed by atoms with van der Waals surface area (Å²) in [6, 6.07) is 0. The molecular weight excluding hydrogens is 170 g/mol. The van der Waals surface area contributed by atoms with Crippen molar-refractivity contribution in [1.29, 1.82) is 0 Å². The van der Waals surface area contributed by atoms with Crippen LogP contribution in [0.25, 0.3) is 0 Å². The molecule has 0 spiro atoms. The molecule has 0 radical (unpaired) electrons. The fourth-order valence-electron chi connectivity index (χ4n) is 0.905. The molecule has 1 rings (SSSR count). The maximum Gasteiger partial charge on any atom is 0.153 e. The van der Waals surface area contributed by atoms with Gasteiger partial charge in [0.2, 0.25) is 0 Å². The van der Waals surface area contributed by atoms with E-state index in [1.807, 2.05) is 17.8 Å². The van der Waals surface area contributed by atoms with Crippen LogP contribution in [0.1, 0.15) is 5.82 Å². The Morgan fingerprint density at radius 3 is 3.15 bits per heavy atom. The monoisotopic (exact) mass is 183 g/mol. The first-order valence-electron chi connectivity index (χ1n) is 3.87. The first-order valence-corrected chi connectivity index (χ1v) is 3.87. The Hall–Kier alpha value is -1.56. The van der Waals surface area contributed by atoms with Gasteiger partial charge in [-0.1, -0.05) is 5.16 Å². The van der Waals surface area contributed by atoms with Gasteiger partial charge in [-0.3, -0.25) is 0 Å². The van der Waals surface area contributed by atoms with Crippen molar-refractivity contribution in [2.75, 3.05) is 6.54 Å². The van der Waals surface area contributed by atoms with Gasteiger partial charge in [-0.05, 0) is 0 Å². The Bertz CT molecular complexity index is 293. The summed E-state index contributed by atoms with van der Waals surface area (Å²) in [5.74, 6) is 1.07. The molecule has 0 saturated carbocycles. The number of aromatic nitrogens is 2. The molecule has 0 fully saturated rings. The predicted molar refractivity (Wildman–Crippen MR) is 48.3 cm³/mol. The average Bonchev–Trinajstić information content (AvgIpc) is 2.52. The molecule has 1 aromatic heterocycles. The van der Waals surface area contributed by atoms with Crippen LogP contribution in [0.2, 0.25) is 0 Å². The van der Waals surface area contributed by atoms with Crippen molar-refractivity contribution in [2.24, 2.45) is 17.9 Å². The summed E-state index contributed by atoms with van der Waals surface area (Å²) < 4.78 is 1.90. The van der Waals surface area contributed by atoms with E-state index in [4.69, 9.17) is 10.9 Å². The predicted octanol–water partition coefficient (Wildman–Crippen LogP) is -0.744. The topological polar surface area (TPSA) is 88.5 Å². The minimum Gasteiger partial charge on any atom is -0.409 e. The lowest BCUT2D eigenvalue weighted by Crippen LogP contribution is -2.29. The van der Waals surface area contributed by atoms with Crippen molar-refractivity contribution in [1.82, 2.24) is 14.9 Å². The molecule has 6 heteroatoms. The zero-order valence-corrected chi connectivity index (χ0v) is 7.44. The Balaban J connectivity index is 2.32. The normalized spacial score (nSPS) is 11.9. The molecule has 0 saturated heterocycles. The van der Waals surface area contributed by atoms with Gasteiger partial charge in [-0.2, -0.15) is 0 Å². The van der Waals surface area contributed by atoms with Crippen molar-refractivity contribution in [3.63, 3.8) is 0 Å². The van der Waals surface area contributed by atoms with Gasteiger partial charge in [0.15, 0.2) is 5.84 Å². The van der Waals surface area contributed by atoms with Gasteiger partial charge in [0.1, 0.15) is 5.82 Å². The largest absolute Gasteiger partial charge is 0.409 e. The van der Waals surface area contributed by atoms with E-state index in [1.165, 1.54) is 0 Å². The Labute approximate surface area is 76.1 Å². The van der Waals surface area contributed by atoms with Gasteiger partial charge >= 0.3 is 0 Å². The van der Waals surface area contributed by atoms with E-state index in [9.17, 15) is 0 Å². The molecule has 0 aliphatic carbocycles. The maximum absolute atomic E-state index is 8.25. The van der Waals surface area contributed by atoms with Crippen molar-refractivity contribution in [3.8, 4) is 0 Å². The lowest BCUT2D eigenvalue weighted by Gasteiger charge is -2.02. The molecule has 1 aromatic rings. The number of rotatable bonds is 4. The maximum atomic E-state index is 8.25. The van der Waals surface area contributed by atoms with Crippen LogP contribution in [0.15, 0.2) is 17.5 Å². The standard InChI is InChI=1S/C7H13N5O/c1-12-3-2-10-7(12)5-9-4-6(8)11-13/h2-3,9,13H,4-5H2,1H3,(H2,8,11). The number of hydrogen-bond acceptors (Lipinski definition) is 4. The van der Waals surface area contributed by atoms with Crippen LogP contribution >= 0.6 is 0 Å². The Morgan fingerprint density at radius 1 is 1.85 bits per heavy atom. The molecule has 0 amide bonds. The van der Waals surface area contributed by atoms with Crippen LogP contribution < -0.4 is 11.1 Å². The van der Waals surface area contributed by atoms with Gasteiger partial charge in [0, 0.05) is 19.4 Å². The van der Waals surface area contributed by atoms with Crippen LogP contribution in [0.4, 0.5) is 0 Å². The first kappa shape index (κ1) is 9.53. The van der Waals surface area contributed by atoms with E-state index in [0.29, 0.717) is 13.1 Å². The fraction of sp³-hybridized carbons (Fsp3) is 0.429. The molecule has 1 heterocycles. The van der Waals surface area contributed by atoms with Crippen LogP contribution in [-0.4, -0.2) is 27.1 Å². The minimum absolute atomic E-state index is 0.161. The lowest BCUT2D eigenvalue weighted by atomic mass is 10.5. The highest BCUT2D eigenvalue weighted by Crippen LogP contribution is 1.91. The van der Waals surface area contributed by atoms with Crippen LogP contribution in [0, 0.1) is 0 Å². The highest BCUT2D eigenvalue weighted by Gasteiger charge is 1.98. The first-order chi connectivity index (χ1) is 6.24. The van der Waals surface area contributed by atoms with E-state index in [0.717, 1.165) is 5.82 Å². The number of hydrogen-bond donors (Lipinski definition) is 3. The highest BCUT2D eigenvalue weighted by molar-refractivity contribution is 5.81. The quantitative estimate of drug-likeness (QED) is 0.248. The fourth-order valence-corrected chi connectivity index (χ4v) is 0.905. The van der Waals surface area contributed by atoms with E-state index in [1.54, 1.807) is 6.20 Å². The number of nitrogens with two attached hydrogens (primary N) is 1. The average molecular weight is 183 g/mol. The summed E-state index contributed by atoms with van der Waals surface area (Å²) in [7, 11) is 1.91. The summed E-state index contributed by atoms with van der Waals surface area (Å²) in [4.78, 5) is 4.10. The summed E-state index contributed by atoms with van der Waals surface area (Å²) in [6.07, 6.45) is 3.58. The summed E-state index contributed by atoms with van der Waals surface area (Å²) in [5, 5.41) is 14.1. The molecule has 6 nitrogen and oxygen atoms in total. The molecule has 72 valence electrons. The minimum atomic E-state index is 0.161. The van der Waals surface area contributed by atoms with Gasteiger partial charge in [-0.25, -0.2) is 4.98 Å². The number of amidine groups is 1. The summed E-state index contributed by atoms with van der Waals surface area (Å²) in [5.41, 5.74) is 5.26. The van der Waals surface area contributed by atoms with Gasteiger partial charge < -0.3 is 20.8 Å². The Kier molecular flexibility index (Phi) is 3.27. The second-order valence-corrected chi connectivity index (χ2v) is 2.65. The third-order valence-corrected chi connectivity index (χ3v) is 1.64. The zero-order chi connectivity index (χ0) is 9.68. The third kappa shape index (κ3) is 2.75. The molecule has 0 atom stereocenters. The van der Waals surface area contributed by atoms with E-state index < -0.39 is 0 Å². The van der Waals surface area contributed by atoms with E-state index in [-0.39, 0.29) is 5.84 Å². The summed E-state index contributed by atoms with van der Waals surface area (Å²) >= 11 is 0. The molecule has 4 N–H and O–H groups in total. The van der Waals surface area contributed by atoms with E-state index >= 15 is 0 Å². The summed E-state index contributed by atoms with van der Waals surface area (Å²) in [6.45, 7) is 0.948. The highest BCUT2D eigenvalue weighted by atomic mass is 16.4. The molecule has 0 bridgehead atoms. The molecule has 13 heavy (non-hydrogen) atoms. The number of imidazole rings is 1. The van der Waals surface area contributed by atoms with Crippen molar-refractivity contribution in [2.45, 2.75) is 6.54 Å². The number of nitrogens with zero attached hydrogens (tertiary/aromatic N) is 3. The SMILES string of the molecule is Cn1ccnc1CNCC(N)=NO. The number of nitrogens with one attached hydrogen (secondary N) is 1. The zero-order valence-electron chi connectivity index (χ0n) is 7.44. The van der Waals surface area contributed by atoms with Crippen molar-refractivity contribution >= 4 is 5.84 Å². The van der Waals surface area contributed by atoms with Gasteiger partial charge in [0.25, 0.3) is 0 Å². The molecular formula is C7H13N5O. The van der Waals surface area contributed by atoms with Crippen LogP contribution in [0.5, 0.6) is 0 Å². The van der Waals surface area contributed by atoms with Gasteiger partial charge in [0.05, 0.1) is 13.1 Å². The lowest BCUT2D eigenvalue weighted by molar-refractivity contribution is 0.317.